The lowest BCUT2D eigenvalue weighted by molar-refractivity contribution is 0.932. The molecule has 3 rings (SSSR count). The van der Waals surface area contributed by atoms with Gasteiger partial charge < -0.3 is 0 Å². The van der Waals surface area contributed by atoms with Gasteiger partial charge in [-0.05, 0) is 11.1 Å². The molecule has 1 aliphatic heterocycles. The van der Waals surface area contributed by atoms with Gasteiger partial charge in [-0.25, -0.2) is 0 Å². The Morgan fingerprint density at radius 2 is 1.27 bits per heavy atom. The molecule has 0 spiro atoms. The molecule has 2 aromatic carbocycles. The molecule has 0 saturated carbocycles. The maximum atomic E-state index is 2.28. The lowest BCUT2D eigenvalue weighted by Crippen LogP contribution is -2.38. The van der Waals surface area contributed by atoms with Gasteiger partial charge in [0.1, 0.15) is 0 Å². The van der Waals surface area contributed by atoms with E-state index in [-0.39, 0.29) is 0 Å². The summed E-state index contributed by atoms with van der Waals surface area (Å²) in [4.78, 5) is 0. The van der Waals surface area contributed by atoms with Gasteiger partial charge in [-0.3, -0.25) is 0 Å². The van der Waals surface area contributed by atoms with Crippen LogP contribution in [0.2, 0.25) is 0 Å². The molecule has 2 aromatic rings. The standard InChI is InChI=1S/C14H12B/c1-10-11-6-2-4-8-13(11)15-14-9-5-3-7-12(10)14/h2-10H,1H3. The van der Waals surface area contributed by atoms with Gasteiger partial charge in [0, 0.05) is 5.92 Å². The summed E-state index contributed by atoms with van der Waals surface area (Å²) < 4.78 is 0. The first-order valence-electron chi connectivity index (χ1n) is 5.39. The Balaban J connectivity index is 2.20. The molecule has 0 saturated heterocycles. The van der Waals surface area contributed by atoms with Gasteiger partial charge in [0.25, 0.3) is 0 Å². The van der Waals surface area contributed by atoms with Crippen molar-refractivity contribution >= 4 is 18.2 Å². The number of hydrogen-bond acceptors (Lipinski definition) is 0. The first kappa shape index (κ1) is 8.78. The molecule has 1 radical (unpaired) electrons. The summed E-state index contributed by atoms with van der Waals surface area (Å²) in [6.07, 6.45) is 0. The maximum Gasteiger partial charge on any atom is 0.192 e. The molecule has 1 heterocycles. The number of hydrogen-bond donors (Lipinski definition) is 0. The molecule has 0 nitrogen and oxygen atoms in total. The highest BCUT2D eigenvalue weighted by Crippen LogP contribution is 2.23. The van der Waals surface area contributed by atoms with Crippen LogP contribution in [0.5, 0.6) is 0 Å². The summed E-state index contributed by atoms with van der Waals surface area (Å²) in [5.41, 5.74) is 5.61. The van der Waals surface area contributed by atoms with Crippen LogP contribution in [0, 0.1) is 0 Å². The van der Waals surface area contributed by atoms with Crippen molar-refractivity contribution in [2.45, 2.75) is 12.8 Å². The van der Waals surface area contributed by atoms with Crippen molar-refractivity contribution in [3.8, 4) is 0 Å². The lowest BCUT2D eigenvalue weighted by Gasteiger charge is -2.25. The van der Waals surface area contributed by atoms with Crippen LogP contribution in [-0.4, -0.2) is 7.28 Å². The van der Waals surface area contributed by atoms with Gasteiger partial charge in [0.2, 0.25) is 0 Å². The molecule has 0 fully saturated rings. The molecule has 0 aliphatic carbocycles. The fourth-order valence-corrected chi connectivity index (χ4v) is 2.41. The largest absolute Gasteiger partial charge is 0.192 e. The molecule has 0 aromatic heterocycles. The van der Waals surface area contributed by atoms with E-state index in [2.05, 4.69) is 62.7 Å². The zero-order valence-electron chi connectivity index (χ0n) is 8.77. The predicted octanol–water partition coefficient (Wildman–Crippen LogP) is 1.81. The van der Waals surface area contributed by atoms with Crippen LogP contribution >= 0.6 is 0 Å². The maximum absolute atomic E-state index is 2.28. The van der Waals surface area contributed by atoms with Gasteiger partial charge in [-0.1, -0.05) is 66.4 Å². The Kier molecular flexibility index (Phi) is 1.91. The Labute approximate surface area is 91.2 Å². The van der Waals surface area contributed by atoms with Crippen molar-refractivity contribution in [2.24, 2.45) is 0 Å². The quantitative estimate of drug-likeness (QED) is 0.557. The lowest BCUT2D eigenvalue weighted by atomic mass is 9.55. The molecule has 1 aliphatic rings. The van der Waals surface area contributed by atoms with Crippen molar-refractivity contribution in [3.63, 3.8) is 0 Å². The van der Waals surface area contributed by atoms with Gasteiger partial charge in [-0.2, -0.15) is 0 Å². The summed E-state index contributed by atoms with van der Waals surface area (Å²) in [6, 6.07) is 17.3. The number of fused-ring (bicyclic) bond motifs is 2. The highest BCUT2D eigenvalue weighted by atomic mass is 14.2. The highest BCUT2D eigenvalue weighted by Gasteiger charge is 2.21. The smallest absolute Gasteiger partial charge is 0.0777 e. The second-order valence-corrected chi connectivity index (χ2v) is 4.12. The van der Waals surface area contributed by atoms with Crippen LogP contribution in [0.1, 0.15) is 24.0 Å². The molecule has 0 amide bonds. The Hall–Kier alpha value is -1.50. The average molecular weight is 191 g/mol. The normalized spacial score (nSPS) is 13.9. The zero-order chi connectivity index (χ0) is 10.3. The van der Waals surface area contributed by atoms with Crippen LogP contribution < -0.4 is 10.9 Å². The van der Waals surface area contributed by atoms with Crippen LogP contribution in [-0.2, 0) is 0 Å². The van der Waals surface area contributed by atoms with Gasteiger partial charge >= 0.3 is 0 Å². The zero-order valence-corrected chi connectivity index (χ0v) is 8.77. The highest BCUT2D eigenvalue weighted by molar-refractivity contribution is 6.69. The summed E-state index contributed by atoms with van der Waals surface area (Å²) in [5, 5.41) is 0. The summed E-state index contributed by atoms with van der Waals surface area (Å²) in [7, 11) is 2.28. The Morgan fingerprint density at radius 3 is 1.80 bits per heavy atom. The minimum Gasteiger partial charge on any atom is -0.0777 e. The third-order valence-corrected chi connectivity index (χ3v) is 3.24. The van der Waals surface area contributed by atoms with E-state index >= 15 is 0 Å². The fourth-order valence-electron chi connectivity index (χ4n) is 2.41. The van der Waals surface area contributed by atoms with E-state index in [1.807, 2.05) is 0 Å². The monoisotopic (exact) mass is 191 g/mol. The average Bonchev–Trinajstić information content (AvgIpc) is 2.30. The van der Waals surface area contributed by atoms with Crippen LogP contribution in [0.3, 0.4) is 0 Å². The summed E-state index contributed by atoms with van der Waals surface area (Å²) in [5.74, 6) is 0.516. The first-order chi connectivity index (χ1) is 7.36. The molecule has 15 heavy (non-hydrogen) atoms. The third kappa shape index (κ3) is 1.31. The van der Waals surface area contributed by atoms with Crippen molar-refractivity contribution in [1.82, 2.24) is 0 Å². The Morgan fingerprint density at radius 1 is 0.800 bits per heavy atom. The van der Waals surface area contributed by atoms with Gasteiger partial charge in [0.15, 0.2) is 7.28 Å². The van der Waals surface area contributed by atoms with Crippen molar-refractivity contribution < 1.29 is 0 Å². The minimum atomic E-state index is 0.516. The van der Waals surface area contributed by atoms with E-state index in [1.54, 1.807) is 0 Å². The Bertz CT molecular complexity index is 457. The number of benzene rings is 2. The van der Waals surface area contributed by atoms with E-state index in [9.17, 15) is 0 Å². The van der Waals surface area contributed by atoms with Crippen molar-refractivity contribution in [2.75, 3.05) is 0 Å². The van der Waals surface area contributed by atoms with Crippen LogP contribution in [0.4, 0.5) is 0 Å². The molecule has 1 heteroatoms. The van der Waals surface area contributed by atoms with E-state index in [0.717, 1.165) is 0 Å². The minimum absolute atomic E-state index is 0.516. The topological polar surface area (TPSA) is 0 Å². The van der Waals surface area contributed by atoms with Crippen LogP contribution in [0.15, 0.2) is 48.5 Å². The van der Waals surface area contributed by atoms with E-state index in [0.29, 0.717) is 5.92 Å². The molecule has 0 bridgehead atoms. The van der Waals surface area contributed by atoms with Gasteiger partial charge in [0.05, 0.1) is 0 Å². The molecule has 0 atom stereocenters. The molecule has 71 valence electrons. The second-order valence-electron chi connectivity index (χ2n) is 4.12. The first-order valence-corrected chi connectivity index (χ1v) is 5.39. The predicted molar refractivity (Wildman–Crippen MR) is 65.4 cm³/mol. The van der Waals surface area contributed by atoms with E-state index in [4.69, 9.17) is 0 Å². The van der Waals surface area contributed by atoms with Crippen molar-refractivity contribution in [3.05, 3.63) is 59.7 Å². The third-order valence-electron chi connectivity index (χ3n) is 3.24. The fraction of sp³-hybridized carbons (Fsp3) is 0.143. The molecule has 0 unspecified atom stereocenters. The van der Waals surface area contributed by atoms with Crippen LogP contribution in [0.25, 0.3) is 0 Å². The summed E-state index contributed by atoms with van der Waals surface area (Å²) >= 11 is 0. The summed E-state index contributed by atoms with van der Waals surface area (Å²) in [6.45, 7) is 2.28. The van der Waals surface area contributed by atoms with E-state index in [1.165, 1.54) is 22.1 Å². The van der Waals surface area contributed by atoms with Crippen molar-refractivity contribution in [1.29, 1.82) is 0 Å². The molecule has 0 N–H and O–H groups in total. The number of rotatable bonds is 0. The van der Waals surface area contributed by atoms with E-state index < -0.39 is 0 Å². The van der Waals surface area contributed by atoms with Gasteiger partial charge in [-0.15, -0.1) is 0 Å². The molecular weight excluding hydrogens is 179 g/mol. The SMILES string of the molecule is CC1c2ccccc2[B]c2ccccc21. The molecular formula is C14H12B. The second kappa shape index (κ2) is 3.27.